The number of nitrogens with two attached hydrogens (primary N) is 1. The fourth-order valence-electron chi connectivity index (χ4n) is 2.50. The van der Waals surface area contributed by atoms with Gasteiger partial charge in [0.05, 0.1) is 11.9 Å². The molecule has 0 fully saturated rings. The van der Waals surface area contributed by atoms with Crippen LogP contribution in [0.1, 0.15) is 29.5 Å². The minimum absolute atomic E-state index is 0.178. The zero-order valence-corrected chi connectivity index (χ0v) is 10.2. The van der Waals surface area contributed by atoms with E-state index in [9.17, 15) is 5.11 Å². The number of aliphatic hydroxyl groups is 1. The van der Waals surface area contributed by atoms with E-state index in [1.54, 1.807) is 6.20 Å². The SMILES string of the molecule is NCC(O)c1ncc(-c2ccc3c(c2)CCC3)[nH]1. The van der Waals surface area contributed by atoms with E-state index in [1.807, 2.05) is 0 Å². The van der Waals surface area contributed by atoms with Gasteiger partial charge in [-0.05, 0) is 42.0 Å². The number of aryl methyl sites for hydroxylation is 2. The minimum atomic E-state index is -0.715. The van der Waals surface area contributed by atoms with Gasteiger partial charge in [-0.2, -0.15) is 0 Å². The molecule has 0 aliphatic heterocycles. The average molecular weight is 243 g/mol. The van der Waals surface area contributed by atoms with Crippen molar-refractivity contribution in [1.29, 1.82) is 0 Å². The van der Waals surface area contributed by atoms with Crippen molar-refractivity contribution in [3.05, 3.63) is 41.3 Å². The van der Waals surface area contributed by atoms with Crippen molar-refractivity contribution < 1.29 is 5.11 Å². The highest BCUT2D eigenvalue weighted by Crippen LogP contribution is 2.27. The highest BCUT2D eigenvalue weighted by Gasteiger charge is 2.14. The summed E-state index contributed by atoms with van der Waals surface area (Å²) in [6.07, 6.45) is 4.64. The zero-order valence-electron chi connectivity index (χ0n) is 10.2. The molecule has 0 amide bonds. The van der Waals surface area contributed by atoms with Gasteiger partial charge in [-0.15, -0.1) is 0 Å². The van der Waals surface area contributed by atoms with Gasteiger partial charge in [0.25, 0.3) is 0 Å². The number of aromatic nitrogens is 2. The Bertz CT molecular complexity index is 562. The largest absolute Gasteiger partial charge is 0.384 e. The summed E-state index contributed by atoms with van der Waals surface area (Å²) in [7, 11) is 0. The number of rotatable bonds is 3. The first-order valence-electron chi connectivity index (χ1n) is 6.33. The molecule has 1 aromatic carbocycles. The highest BCUT2D eigenvalue weighted by atomic mass is 16.3. The molecule has 4 nitrogen and oxygen atoms in total. The van der Waals surface area contributed by atoms with E-state index in [0.29, 0.717) is 5.82 Å². The summed E-state index contributed by atoms with van der Waals surface area (Å²) in [6, 6.07) is 6.52. The molecule has 1 aliphatic rings. The van der Waals surface area contributed by atoms with Gasteiger partial charge in [0, 0.05) is 6.54 Å². The average Bonchev–Trinajstić information content (AvgIpc) is 3.05. The number of benzene rings is 1. The van der Waals surface area contributed by atoms with Crippen molar-refractivity contribution in [2.24, 2.45) is 5.73 Å². The van der Waals surface area contributed by atoms with Gasteiger partial charge in [0.1, 0.15) is 11.9 Å². The number of hydrogen-bond donors (Lipinski definition) is 3. The quantitative estimate of drug-likeness (QED) is 0.765. The van der Waals surface area contributed by atoms with Gasteiger partial charge in [0.15, 0.2) is 0 Å². The summed E-state index contributed by atoms with van der Waals surface area (Å²) in [5.41, 5.74) is 10.4. The van der Waals surface area contributed by atoms with Crippen LogP contribution in [-0.2, 0) is 12.8 Å². The van der Waals surface area contributed by atoms with Gasteiger partial charge >= 0.3 is 0 Å². The number of aromatic amines is 1. The summed E-state index contributed by atoms with van der Waals surface area (Å²) in [4.78, 5) is 7.30. The second kappa shape index (κ2) is 4.55. The molecule has 0 spiro atoms. The summed E-state index contributed by atoms with van der Waals surface area (Å²) in [5.74, 6) is 0.535. The Labute approximate surface area is 106 Å². The molecule has 1 heterocycles. The van der Waals surface area contributed by atoms with Crippen molar-refractivity contribution in [3.8, 4) is 11.3 Å². The Balaban J connectivity index is 1.92. The van der Waals surface area contributed by atoms with E-state index in [2.05, 4.69) is 28.2 Å². The molecule has 94 valence electrons. The molecule has 3 rings (SSSR count). The number of fused-ring (bicyclic) bond motifs is 1. The Kier molecular flexibility index (Phi) is 2.89. The number of H-pyrrole nitrogens is 1. The molecule has 1 atom stereocenters. The van der Waals surface area contributed by atoms with Crippen LogP contribution in [0.4, 0.5) is 0 Å². The van der Waals surface area contributed by atoms with Crippen molar-refractivity contribution >= 4 is 0 Å². The maximum absolute atomic E-state index is 9.63. The number of nitrogens with one attached hydrogen (secondary N) is 1. The minimum Gasteiger partial charge on any atom is -0.384 e. The number of aliphatic hydroxyl groups excluding tert-OH is 1. The Morgan fingerprint density at radius 2 is 2.17 bits per heavy atom. The zero-order chi connectivity index (χ0) is 12.5. The molecular weight excluding hydrogens is 226 g/mol. The monoisotopic (exact) mass is 243 g/mol. The van der Waals surface area contributed by atoms with Crippen LogP contribution in [0.25, 0.3) is 11.3 Å². The maximum atomic E-state index is 9.63. The molecule has 2 aromatic rings. The van der Waals surface area contributed by atoms with Crippen LogP contribution in [0.15, 0.2) is 24.4 Å². The lowest BCUT2D eigenvalue weighted by atomic mass is 10.0. The lowest BCUT2D eigenvalue weighted by molar-refractivity contribution is 0.177. The van der Waals surface area contributed by atoms with Crippen molar-refractivity contribution in [1.82, 2.24) is 9.97 Å². The Morgan fingerprint density at radius 1 is 1.33 bits per heavy atom. The molecule has 0 saturated heterocycles. The Hall–Kier alpha value is -1.65. The van der Waals surface area contributed by atoms with Crippen LogP contribution >= 0.6 is 0 Å². The fourth-order valence-corrected chi connectivity index (χ4v) is 2.50. The predicted molar refractivity (Wildman–Crippen MR) is 70.1 cm³/mol. The second-order valence-corrected chi connectivity index (χ2v) is 4.77. The van der Waals surface area contributed by atoms with Gasteiger partial charge in [-0.3, -0.25) is 0 Å². The molecule has 4 heteroatoms. The number of imidazole rings is 1. The van der Waals surface area contributed by atoms with E-state index >= 15 is 0 Å². The van der Waals surface area contributed by atoms with E-state index in [4.69, 9.17) is 5.73 Å². The summed E-state index contributed by atoms with van der Waals surface area (Å²) in [6.45, 7) is 0.178. The summed E-state index contributed by atoms with van der Waals surface area (Å²) < 4.78 is 0. The predicted octanol–water partition coefficient (Wildman–Crippen LogP) is 1.56. The van der Waals surface area contributed by atoms with Crippen LogP contribution in [0, 0.1) is 0 Å². The van der Waals surface area contributed by atoms with Gasteiger partial charge in [0.2, 0.25) is 0 Å². The third kappa shape index (κ3) is 1.94. The smallest absolute Gasteiger partial charge is 0.136 e. The van der Waals surface area contributed by atoms with Crippen LogP contribution in [0.2, 0.25) is 0 Å². The van der Waals surface area contributed by atoms with E-state index < -0.39 is 6.10 Å². The lowest BCUT2D eigenvalue weighted by Gasteiger charge is -2.04. The number of nitrogens with zero attached hydrogens (tertiary/aromatic N) is 1. The molecule has 1 aromatic heterocycles. The molecule has 0 bridgehead atoms. The fraction of sp³-hybridized carbons (Fsp3) is 0.357. The molecule has 4 N–H and O–H groups in total. The normalized spacial score (nSPS) is 15.7. The standard InChI is InChI=1S/C14H17N3O/c15-7-13(18)14-16-8-12(17-14)11-5-4-9-2-1-3-10(9)6-11/h4-6,8,13,18H,1-3,7,15H2,(H,16,17). The number of hydrogen-bond acceptors (Lipinski definition) is 3. The highest BCUT2D eigenvalue weighted by molar-refractivity contribution is 5.61. The van der Waals surface area contributed by atoms with Crippen molar-refractivity contribution in [2.45, 2.75) is 25.4 Å². The van der Waals surface area contributed by atoms with E-state index in [-0.39, 0.29) is 6.54 Å². The summed E-state index contributed by atoms with van der Waals surface area (Å²) >= 11 is 0. The third-order valence-corrected chi connectivity index (χ3v) is 3.54. The summed E-state index contributed by atoms with van der Waals surface area (Å²) in [5, 5.41) is 9.63. The Morgan fingerprint density at radius 3 is 3.00 bits per heavy atom. The lowest BCUT2D eigenvalue weighted by Crippen LogP contribution is -2.12. The molecule has 1 aliphatic carbocycles. The second-order valence-electron chi connectivity index (χ2n) is 4.77. The maximum Gasteiger partial charge on any atom is 0.136 e. The molecular formula is C14H17N3O. The topological polar surface area (TPSA) is 74.9 Å². The van der Waals surface area contributed by atoms with Gasteiger partial charge < -0.3 is 15.8 Å². The van der Waals surface area contributed by atoms with Gasteiger partial charge in [-0.1, -0.05) is 12.1 Å². The van der Waals surface area contributed by atoms with Crippen LogP contribution in [0.3, 0.4) is 0 Å². The van der Waals surface area contributed by atoms with Crippen LogP contribution < -0.4 is 5.73 Å². The van der Waals surface area contributed by atoms with Crippen LogP contribution in [0.5, 0.6) is 0 Å². The first-order valence-corrected chi connectivity index (χ1v) is 6.33. The molecule has 0 saturated carbocycles. The van der Waals surface area contributed by atoms with Gasteiger partial charge in [-0.25, -0.2) is 4.98 Å². The third-order valence-electron chi connectivity index (χ3n) is 3.54. The first kappa shape index (κ1) is 11.4. The van der Waals surface area contributed by atoms with E-state index in [1.165, 1.54) is 24.0 Å². The first-order chi connectivity index (χ1) is 8.78. The molecule has 1 unspecified atom stereocenters. The molecule has 0 radical (unpaired) electrons. The van der Waals surface area contributed by atoms with Crippen LogP contribution in [-0.4, -0.2) is 21.6 Å². The van der Waals surface area contributed by atoms with Crippen molar-refractivity contribution in [2.75, 3.05) is 6.54 Å². The van der Waals surface area contributed by atoms with E-state index in [0.717, 1.165) is 17.7 Å². The molecule has 18 heavy (non-hydrogen) atoms. The van der Waals surface area contributed by atoms with Crippen molar-refractivity contribution in [3.63, 3.8) is 0 Å².